The maximum atomic E-state index is 11.6. The van der Waals surface area contributed by atoms with Crippen LogP contribution in [0, 0.1) is 5.92 Å². The molecule has 154 valence electrons. The van der Waals surface area contributed by atoms with Crippen LogP contribution < -0.4 is 20.1 Å². The summed E-state index contributed by atoms with van der Waals surface area (Å²) in [5.74, 6) is 2.44. The molecule has 0 aliphatic carbocycles. The fraction of sp³-hybridized carbons (Fsp3) is 0.579. The normalized spacial score (nSPS) is 10.8. The monoisotopic (exact) mass is 492 g/mol. The summed E-state index contributed by atoms with van der Waals surface area (Å²) in [6.45, 7) is 8.84. The molecule has 0 atom stereocenters. The van der Waals surface area contributed by atoms with E-state index in [1.807, 2.05) is 57.0 Å². The zero-order chi connectivity index (χ0) is 19.4. The minimum Gasteiger partial charge on any atom is -0.497 e. The summed E-state index contributed by atoms with van der Waals surface area (Å²) in [7, 11) is 3.60. The highest BCUT2D eigenvalue weighted by Crippen LogP contribution is 2.16. The fourth-order valence-electron chi connectivity index (χ4n) is 2.09. The molecule has 0 fully saturated rings. The predicted octanol–water partition coefficient (Wildman–Crippen LogP) is 2.36. The first kappa shape index (κ1) is 25.3. The highest BCUT2D eigenvalue weighted by atomic mass is 127. The average Bonchev–Trinajstić information content (AvgIpc) is 2.64. The van der Waals surface area contributed by atoms with Crippen molar-refractivity contribution in [3.05, 3.63) is 24.3 Å². The number of ether oxygens (including phenoxy) is 2. The zero-order valence-electron chi connectivity index (χ0n) is 16.9. The van der Waals surface area contributed by atoms with Crippen molar-refractivity contribution < 1.29 is 14.3 Å². The molecule has 1 aromatic rings. The van der Waals surface area contributed by atoms with Gasteiger partial charge in [0.2, 0.25) is 5.91 Å². The first-order chi connectivity index (χ1) is 12.5. The third-order valence-corrected chi connectivity index (χ3v) is 3.65. The standard InChI is InChI=1S/C19H32N4O3.HI/c1-6-20-19(22-12-11-21-18(24)15(2)3)23(4)13-14-26-17-9-7-16(25-5)8-10-17;/h7-10,15H,6,11-14H2,1-5H3,(H,20,22)(H,21,24);1H. The van der Waals surface area contributed by atoms with Gasteiger partial charge >= 0.3 is 0 Å². The van der Waals surface area contributed by atoms with Crippen molar-refractivity contribution in [3.8, 4) is 11.5 Å². The summed E-state index contributed by atoms with van der Waals surface area (Å²) in [5.41, 5.74) is 0. The number of rotatable bonds is 10. The molecule has 0 aliphatic heterocycles. The molecule has 1 aromatic carbocycles. The van der Waals surface area contributed by atoms with Crippen molar-refractivity contribution in [1.29, 1.82) is 0 Å². The van der Waals surface area contributed by atoms with Crippen molar-refractivity contribution in [1.82, 2.24) is 15.5 Å². The van der Waals surface area contributed by atoms with Crippen LogP contribution in [0.1, 0.15) is 20.8 Å². The van der Waals surface area contributed by atoms with Gasteiger partial charge in [-0.25, -0.2) is 0 Å². The Morgan fingerprint density at radius 3 is 2.37 bits per heavy atom. The number of amides is 1. The molecule has 0 saturated carbocycles. The predicted molar refractivity (Wildman–Crippen MR) is 120 cm³/mol. The summed E-state index contributed by atoms with van der Waals surface area (Å²) in [4.78, 5) is 18.1. The van der Waals surface area contributed by atoms with Gasteiger partial charge in [0, 0.05) is 26.1 Å². The molecule has 1 amide bonds. The first-order valence-electron chi connectivity index (χ1n) is 9.02. The van der Waals surface area contributed by atoms with Crippen LogP contribution in [0.5, 0.6) is 11.5 Å². The lowest BCUT2D eigenvalue weighted by molar-refractivity contribution is -0.123. The van der Waals surface area contributed by atoms with Crippen LogP contribution in [0.15, 0.2) is 29.3 Å². The second-order valence-electron chi connectivity index (χ2n) is 6.13. The van der Waals surface area contributed by atoms with Gasteiger partial charge in [-0.15, -0.1) is 24.0 Å². The Hall–Kier alpha value is -1.71. The van der Waals surface area contributed by atoms with Gasteiger partial charge in [-0.2, -0.15) is 0 Å². The number of guanidine groups is 1. The molecule has 1 rings (SSSR count). The van der Waals surface area contributed by atoms with E-state index in [4.69, 9.17) is 9.47 Å². The first-order valence-corrected chi connectivity index (χ1v) is 9.02. The molecule has 8 heteroatoms. The quantitative estimate of drug-likeness (QED) is 0.227. The van der Waals surface area contributed by atoms with Gasteiger partial charge in [0.1, 0.15) is 18.1 Å². The van der Waals surface area contributed by atoms with E-state index in [2.05, 4.69) is 15.6 Å². The molecule has 7 nitrogen and oxygen atoms in total. The molecule has 0 heterocycles. The number of hydrogen-bond donors (Lipinski definition) is 2. The number of likely N-dealkylation sites (N-methyl/N-ethyl adjacent to an activating group) is 1. The smallest absolute Gasteiger partial charge is 0.222 e. The molecule has 0 aliphatic rings. The Morgan fingerprint density at radius 2 is 1.81 bits per heavy atom. The Morgan fingerprint density at radius 1 is 1.19 bits per heavy atom. The third-order valence-electron chi connectivity index (χ3n) is 3.65. The summed E-state index contributed by atoms with van der Waals surface area (Å²) in [6.07, 6.45) is 0. The van der Waals surface area contributed by atoms with E-state index < -0.39 is 0 Å². The number of carbonyl (C=O) groups is 1. The van der Waals surface area contributed by atoms with Crippen LogP contribution in [-0.4, -0.2) is 63.7 Å². The van der Waals surface area contributed by atoms with Gasteiger partial charge in [-0.1, -0.05) is 13.8 Å². The number of hydrogen-bond acceptors (Lipinski definition) is 4. The Labute approximate surface area is 179 Å². The highest BCUT2D eigenvalue weighted by molar-refractivity contribution is 14.0. The minimum absolute atomic E-state index is 0. The molecule has 0 saturated heterocycles. The maximum absolute atomic E-state index is 11.6. The number of carbonyl (C=O) groups excluding carboxylic acids is 1. The average molecular weight is 492 g/mol. The number of nitrogens with zero attached hydrogens (tertiary/aromatic N) is 2. The van der Waals surface area contributed by atoms with E-state index >= 15 is 0 Å². The van der Waals surface area contributed by atoms with E-state index in [0.717, 1.165) is 24.0 Å². The number of benzene rings is 1. The maximum Gasteiger partial charge on any atom is 0.222 e. The molecule has 0 radical (unpaired) electrons. The van der Waals surface area contributed by atoms with E-state index in [9.17, 15) is 4.79 Å². The van der Waals surface area contributed by atoms with Crippen LogP contribution in [0.2, 0.25) is 0 Å². The van der Waals surface area contributed by atoms with E-state index in [1.165, 1.54) is 0 Å². The van der Waals surface area contributed by atoms with Crippen molar-refractivity contribution in [2.45, 2.75) is 20.8 Å². The van der Waals surface area contributed by atoms with Gasteiger partial charge in [-0.3, -0.25) is 9.79 Å². The Kier molecular flexibility index (Phi) is 13.5. The van der Waals surface area contributed by atoms with E-state index in [-0.39, 0.29) is 35.8 Å². The Balaban J connectivity index is 0.00000676. The SMILES string of the molecule is CCNC(=NCCNC(=O)C(C)C)N(C)CCOc1ccc(OC)cc1.I. The third kappa shape index (κ3) is 10.3. The second kappa shape index (κ2) is 14.4. The number of aliphatic imine (C=N–C) groups is 1. The van der Waals surface area contributed by atoms with Gasteiger partial charge in [-0.05, 0) is 31.2 Å². The van der Waals surface area contributed by atoms with Crippen molar-refractivity contribution in [2.75, 3.05) is 46.9 Å². The summed E-state index contributed by atoms with van der Waals surface area (Å²) >= 11 is 0. The summed E-state index contributed by atoms with van der Waals surface area (Å²) in [5, 5.41) is 6.11. The lowest BCUT2D eigenvalue weighted by atomic mass is 10.2. The van der Waals surface area contributed by atoms with Gasteiger partial charge < -0.3 is 25.0 Å². The van der Waals surface area contributed by atoms with Gasteiger partial charge in [0.15, 0.2) is 5.96 Å². The number of methoxy groups -OCH3 is 1. The largest absolute Gasteiger partial charge is 0.497 e. The lowest BCUT2D eigenvalue weighted by Crippen LogP contribution is -2.41. The number of halogens is 1. The van der Waals surface area contributed by atoms with Crippen molar-refractivity contribution in [3.63, 3.8) is 0 Å². The van der Waals surface area contributed by atoms with Crippen LogP contribution in [-0.2, 0) is 4.79 Å². The minimum atomic E-state index is -0.00927. The molecular formula is C19H33IN4O3. The highest BCUT2D eigenvalue weighted by Gasteiger charge is 2.07. The topological polar surface area (TPSA) is 75.2 Å². The molecule has 0 unspecified atom stereocenters. The zero-order valence-corrected chi connectivity index (χ0v) is 19.3. The van der Waals surface area contributed by atoms with Gasteiger partial charge in [0.25, 0.3) is 0 Å². The molecular weight excluding hydrogens is 459 g/mol. The Bertz CT molecular complexity index is 565. The van der Waals surface area contributed by atoms with Crippen molar-refractivity contribution >= 4 is 35.8 Å². The number of nitrogens with one attached hydrogen (secondary N) is 2. The van der Waals surface area contributed by atoms with Gasteiger partial charge in [0.05, 0.1) is 20.2 Å². The van der Waals surface area contributed by atoms with Crippen LogP contribution in [0.25, 0.3) is 0 Å². The molecule has 2 N–H and O–H groups in total. The van der Waals surface area contributed by atoms with Crippen LogP contribution >= 0.6 is 24.0 Å². The van der Waals surface area contributed by atoms with E-state index in [1.54, 1.807) is 7.11 Å². The molecule has 0 aromatic heterocycles. The summed E-state index contributed by atoms with van der Waals surface area (Å²) in [6, 6.07) is 7.51. The second-order valence-corrected chi connectivity index (χ2v) is 6.13. The lowest BCUT2D eigenvalue weighted by Gasteiger charge is -2.22. The van der Waals surface area contributed by atoms with Crippen LogP contribution in [0.4, 0.5) is 0 Å². The van der Waals surface area contributed by atoms with Crippen LogP contribution in [0.3, 0.4) is 0 Å². The van der Waals surface area contributed by atoms with E-state index in [0.29, 0.717) is 26.2 Å². The van der Waals surface area contributed by atoms with Crippen molar-refractivity contribution in [2.24, 2.45) is 10.9 Å². The molecule has 0 bridgehead atoms. The molecule has 27 heavy (non-hydrogen) atoms. The molecule has 0 spiro atoms. The summed E-state index contributed by atoms with van der Waals surface area (Å²) < 4.78 is 10.9. The fourth-order valence-corrected chi connectivity index (χ4v) is 2.09.